The predicted molar refractivity (Wildman–Crippen MR) is 91.6 cm³/mol. The number of aryl methyl sites for hydroxylation is 1. The number of halogens is 1. The number of aliphatic carboxylic acids is 1. The van der Waals surface area contributed by atoms with Crippen LogP contribution in [0.15, 0.2) is 54.1 Å². The number of nitrogens with zero attached hydrogens (tertiary/aromatic N) is 1. The van der Waals surface area contributed by atoms with Gasteiger partial charge in [0, 0.05) is 5.56 Å². The van der Waals surface area contributed by atoms with Gasteiger partial charge < -0.3 is 19.9 Å². The maximum absolute atomic E-state index is 13.3. The summed E-state index contributed by atoms with van der Waals surface area (Å²) in [5.41, 5.74) is 1.28. The molecule has 2 aromatic carbocycles. The van der Waals surface area contributed by atoms with Crippen LogP contribution in [0.25, 0.3) is 5.76 Å². The topological polar surface area (TPSA) is 97.7 Å². The Bertz CT molecular complexity index is 947. The Kier molecular flexibility index (Phi) is 4.77. The van der Waals surface area contributed by atoms with Gasteiger partial charge in [-0.1, -0.05) is 42.0 Å². The molecule has 1 aliphatic rings. The Labute approximate surface area is 154 Å². The van der Waals surface area contributed by atoms with E-state index in [4.69, 9.17) is 0 Å². The van der Waals surface area contributed by atoms with Crippen molar-refractivity contribution < 1.29 is 29.0 Å². The van der Waals surface area contributed by atoms with Gasteiger partial charge in [-0.15, -0.1) is 0 Å². The number of rotatable bonds is 4. The number of aliphatic hydroxyl groups excluding tert-OH is 1. The summed E-state index contributed by atoms with van der Waals surface area (Å²) >= 11 is 0. The number of amides is 1. The van der Waals surface area contributed by atoms with Crippen LogP contribution < -0.4 is 5.11 Å². The molecule has 1 fully saturated rings. The van der Waals surface area contributed by atoms with Gasteiger partial charge in [0.15, 0.2) is 0 Å². The van der Waals surface area contributed by atoms with Crippen molar-refractivity contribution in [3.63, 3.8) is 0 Å². The number of hydrogen-bond acceptors (Lipinski definition) is 5. The zero-order valence-electron chi connectivity index (χ0n) is 14.3. The zero-order chi connectivity index (χ0) is 19.7. The maximum atomic E-state index is 13.3. The summed E-state index contributed by atoms with van der Waals surface area (Å²) < 4.78 is 13.3. The van der Waals surface area contributed by atoms with Crippen molar-refractivity contribution >= 4 is 23.4 Å². The molecule has 1 aliphatic heterocycles. The van der Waals surface area contributed by atoms with Crippen LogP contribution in [0.1, 0.15) is 22.7 Å². The molecule has 7 heteroatoms. The molecule has 27 heavy (non-hydrogen) atoms. The summed E-state index contributed by atoms with van der Waals surface area (Å²) in [5.74, 6) is -4.59. The highest BCUT2D eigenvalue weighted by Gasteiger charge is 2.46. The Hall–Kier alpha value is -3.48. The second-order valence-corrected chi connectivity index (χ2v) is 6.22. The molecule has 1 amide bonds. The summed E-state index contributed by atoms with van der Waals surface area (Å²) in [4.78, 5) is 36.8. The maximum Gasteiger partial charge on any atom is 0.295 e. The fourth-order valence-corrected chi connectivity index (χ4v) is 3.04. The van der Waals surface area contributed by atoms with Crippen molar-refractivity contribution in [2.45, 2.75) is 13.0 Å². The van der Waals surface area contributed by atoms with E-state index in [2.05, 4.69) is 0 Å². The SMILES string of the molecule is Cc1ccc(C(O)=C2C(=O)C(=O)N(CC(=O)[O-])[C@H]2c2ccc(F)cc2)cc1. The van der Waals surface area contributed by atoms with Crippen molar-refractivity contribution in [2.24, 2.45) is 0 Å². The van der Waals surface area contributed by atoms with Crippen molar-refractivity contribution in [1.82, 2.24) is 4.90 Å². The second kappa shape index (κ2) is 7.03. The number of carboxylic acids is 1. The van der Waals surface area contributed by atoms with Crippen LogP contribution in [-0.4, -0.2) is 34.2 Å². The van der Waals surface area contributed by atoms with Gasteiger partial charge in [0.05, 0.1) is 24.1 Å². The van der Waals surface area contributed by atoms with Crippen molar-refractivity contribution in [1.29, 1.82) is 0 Å². The smallest absolute Gasteiger partial charge is 0.295 e. The molecule has 1 N–H and O–H groups in total. The first-order valence-electron chi connectivity index (χ1n) is 8.10. The van der Waals surface area contributed by atoms with Gasteiger partial charge >= 0.3 is 0 Å². The third-order valence-electron chi connectivity index (χ3n) is 4.35. The van der Waals surface area contributed by atoms with E-state index in [-0.39, 0.29) is 5.57 Å². The first-order chi connectivity index (χ1) is 12.8. The van der Waals surface area contributed by atoms with Crippen molar-refractivity contribution in [3.05, 3.63) is 76.6 Å². The molecule has 0 spiro atoms. The van der Waals surface area contributed by atoms with Crippen LogP contribution in [0.5, 0.6) is 0 Å². The summed E-state index contributed by atoms with van der Waals surface area (Å²) in [6.45, 7) is 1.01. The standard InChI is InChI=1S/C20H16FNO5/c1-11-2-4-13(5-3-11)18(25)16-17(12-6-8-14(21)9-7-12)22(10-15(23)24)20(27)19(16)26/h2-9,17,25H,10H2,1H3,(H,23,24)/p-1/t17-/m0/s1. The van der Waals surface area contributed by atoms with E-state index in [0.717, 1.165) is 22.6 Å². The third kappa shape index (κ3) is 3.44. The molecule has 2 aromatic rings. The molecule has 6 nitrogen and oxygen atoms in total. The molecule has 1 heterocycles. The number of likely N-dealkylation sites (tertiary alicyclic amines) is 1. The summed E-state index contributed by atoms with van der Waals surface area (Å²) in [6.07, 6.45) is 0. The normalized spacial score (nSPS) is 18.7. The van der Waals surface area contributed by atoms with E-state index in [1.54, 1.807) is 24.3 Å². The summed E-state index contributed by atoms with van der Waals surface area (Å²) in [6, 6.07) is 10.4. The number of aliphatic hydroxyl groups is 1. The lowest BCUT2D eigenvalue weighted by atomic mass is 9.95. The number of Topliss-reactive ketones (excluding diaryl/α,β-unsaturated/α-hetero) is 1. The quantitative estimate of drug-likeness (QED) is 0.498. The Morgan fingerprint density at radius 1 is 1.11 bits per heavy atom. The van der Waals surface area contributed by atoms with Crippen molar-refractivity contribution in [3.8, 4) is 0 Å². The number of hydrogen-bond donors (Lipinski definition) is 1. The number of benzene rings is 2. The minimum atomic E-state index is -1.56. The predicted octanol–water partition coefficient (Wildman–Crippen LogP) is 1.31. The molecule has 1 atom stereocenters. The van der Waals surface area contributed by atoms with E-state index in [9.17, 15) is 29.0 Å². The molecule has 1 saturated heterocycles. The van der Waals surface area contributed by atoms with E-state index in [0.29, 0.717) is 11.1 Å². The zero-order valence-corrected chi connectivity index (χ0v) is 14.3. The van der Waals surface area contributed by atoms with Gasteiger partial charge in [0.25, 0.3) is 11.7 Å². The van der Waals surface area contributed by atoms with Gasteiger partial charge in [-0.3, -0.25) is 9.59 Å². The first-order valence-corrected chi connectivity index (χ1v) is 8.10. The number of carboxylic acid groups (broad SMARTS) is 1. The van der Waals surface area contributed by atoms with E-state index >= 15 is 0 Å². The lowest BCUT2D eigenvalue weighted by Gasteiger charge is -2.25. The molecule has 138 valence electrons. The van der Waals surface area contributed by atoms with Gasteiger partial charge in [-0.2, -0.15) is 0 Å². The Balaban J connectivity index is 2.19. The van der Waals surface area contributed by atoms with Crippen LogP contribution in [0.3, 0.4) is 0 Å². The molecular weight excluding hydrogens is 353 g/mol. The molecule has 0 aromatic heterocycles. The Morgan fingerprint density at radius 3 is 2.26 bits per heavy atom. The molecule has 0 bridgehead atoms. The van der Waals surface area contributed by atoms with Gasteiger partial charge in [-0.25, -0.2) is 4.39 Å². The van der Waals surface area contributed by atoms with Crippen molar-refractivity contribution in [2.75, 3.05) is 6.54 Å². The van der Waals surface area contributed by atoms with Crippen LogP contribution >= 0.6 is 0 Å². The lowest BCUT2D eigenvalue weighted by molar-refractivity contribution is -0.306. The minimum Gasteiger partial charge on any atom is -0.548 e. The van der Waals surface area contributed by atoms with E-state index in [1.165, 1.54) is 12.1 Å². The third-order valence-corrected chi connectivity index (χ3v) is 4.35. The van der Waals surface area contributed by atoms with E-state index < -0.39 is 41.8 Å². The molecule has 3 rings (SSSR count). The lowest BCUT2D eigenvalue weighted by Crippen LogP contribution is -2.40. The molecule has 0 radical (unpaired) electrons. The van der Waals surface area contributed by atoms with Gasteiger partial charge in [-0.05, 0) is 24.6 Å². The molecule has 0 aliphatic carbocycles. The average Bonchev–Trinajstić information content (AvgIpc) is 2.87. The fourth-order valence-electron chi connectivity index (χ4n) is 3.04. The number of carbonyl (C=O) groups excluding carboxylic acids is 3. The Morgan fingerprint density at radius 2 is 1.70 bits per heavy atom. The van der Waals surface area contributed by atoms with E-state index in [1.807, 2.05) is 6.92 Å². The summed E-state index contributed by atoms with van der Waals surface area (Å²) in [7, 11) is 0. The average molecular weight is 368 g/mol. The highest BCUT2D eigenvalue weighted by Crippen LogP contribution is 2.39. The summed E-state index contributed by atoms with van der Waals surface area (Å²) in [5, 5.41) is 21.7. The van der Waals surface area contributed by atoms with Crippen LogP contribution in [0.4, 0.5) is 4.39 Å². The molecular formula is C20H15FNO5-. The van der Waals surface area contributed by atoms with Crippen LogP contribution in [-0.2, 0) is 14.4 Å². The highest BCUT2D eigenvalue weighted by atomic mass is 19.1. The van der Waals surface area contributed by atoms with Crippen LogP contribution in [0, 0.1) is 12.7 Å². The highest BCUT2D eigenvalue weighted by molar-refractivity contribution is 6.46. The fraction of sp³-hybridized carbons (Fsp3) is 0.150. The second-order valence-electron chi connectivity index (χ2n) is 6.22. The first kappa shape index (κ1) is 18.3. The molecule has 0 unspecified atom stereocenters. The minimum absolute atomic E-state index is 0.253. The number of carbonyl (C=O) groups is 3. The monoisotopic (exact) mass is 368 g/mol. The van der Waals surface area contributed by atoms with Gasteiger partial charge in [0.1, 0.15) is 11.6 Å². The largest absolute Gasteiger partial charge is 0.548 e. The molecule has 0 saturated carbocycles. The van der Waals surface area contributed by atoms with Gasteiger partial charge in [0.2, 0.25) is 0 Å². The van der Waals surface area contributed by atoms with Crippen LogP contribution in [0.2, 0.25) is 0 Å². The number of ketones is 1.